The number of carbonyl (C=O) groups is 1. The van der Waals surface area contributed by atoms with Gasteiger partial charge in [0.25, 0.3) is 0 Å². The van der Waals surface area contributed by atoms with E-state index in [0.717, 1.165) is 51.4 Å². The van der Waals surface area contributed by atoms with Gasteiger partial charge in [0.1, 0.15) is 13.2 Å². The molecule has 0 aromatic carbocycles. The number of phosphoric acid groups is 1. The van der Waals surface area contributed by atoms with Crippen LogP contribution in [0, 0.1) is 0 Å². The van der Waals surface area contributed by atoms with E-state index in [0.29, 0.717) is 23.9 Å². The maximum Gasteiger partial charge on any atom is 0.472 e. The molecule has 0 aromatic rings. The first kappa shape index (κ1) is 57.5. The second kappa shape index (κ2) is 41.8. The Kier molecular flexibility index (Phi) is 41.5. The van der Waals surface area contributed by atoms with Crippen LogP contribution in [0.15, 0.2) is 0 Å². The van der Waals surface area contributed by atoms with Crippen molar-refractivity contribution < 1.29 is 32.9 Å². The topological polar surface area (TPSA) is 105 Å². The van der Waals surface area contributed by atoms with Crippen molar-refractivity contribution in [3.8, 4) is 0 Å². The Morgan fingerprint density at radius 3 is 1.16 bits per heavy atom. The molecule has 348 valence electrons. The molecular formula is C49H102N2O6P+. The van der Waals surface area contributed by atoms with E-state index in [1.807, 2.05) is 21.1 Å². The monoisotopic (exact) mass is 846 g/mol. The van der Waals surface area contributed by atoms with Gasteiger partial charge in [0.05, 0.1) is 39.9 Å². The minimum absolute atomic E-state index is 0.0777. The lowest BCUT2D eigenvalue weighted by Crippen LogP contribution is -2.46. The molecule has 3 atom stereocenters. The van der Waals surface area contributed by atoms with Gasteiger partial charge in [-0.3, -0.25) is 13.8 Å². The van der Waals surface area contributed by atoms with Crippen LogP contribution in [0.1, 0.15) is 258 Å². The highest BCUT2D eigenvalue weighted by molar-refractivity contribution is 7.47. The van der Waals surface area contributed by atoms with E-state index < -0.39 is 20.0 Å². The van der Waals surface area contributed by atoms with Crippen molar-refractivity contribution in [2.75, 3.05) is 40.9 Å². The number of rotatable bonds is 47. The molecule has 0 saturated heterocycles. The average Bonchev–Trinajstić information content (AvgIpc) is 3.17. The molecule has 3 unspecified atom stereocenters. The number of hydrogen-bond acceptors (Lipinski definition) is 5. The van der Waals surface area contributed by atoms with Crippen LogP contribution in [0.3, 0.4) is 0 Å². The van der Waals surface area contributed by atoms with E-state index in [2.05, 4.69) is 19.2 Å². The van der Waals surface area contributed by atoms with Crippen LogP contribution in [0.4, 0.5) is 0 Å². The quantitative estimate of drug-likeness (QED) is 0.0320. The van der Waals surface area contributed by atoms with Gasteiger partial charge in [-0.2, -0.15) is 0 Å². The Balaban J connectivity index is 3.80. The van der Waals surface area contributed by atoms with E-state index in [-0.39, 0.29) is 19.1 Å². The Hall–Kier alpha value is -0.500. The van der Waals surface area contributed by atoms with Crippen LogP contribution in [0.5, 0.6) is 0 Å². The van der Waals surface area contributed by atoms with Gasteiger partial charge in [-0.05, 0) is 12.8 Å². The summed E-state index contributed by atoms with van der Waals surface area (Å²) in [6.45, 7) is 4.82. The number of aliphatic hydroxyl groups excluding tert-OH is 1. The number of phosphoric ester groups is 1. The Morgan fingerprint density at radius 2 is 0.828 bits per heavy atom. The number of nitrogens with one attached hydrogen (secondary N) is 1. The van der Waals surface area contributed by atoms with Crippen molar-refractivity contribution in [1.82, 2.24) is 5.32 Å². The van der Waals surface area contributed by atoms with Crippen LogP contribution < -0.4 is 5.32 Å². The summed E-state index contributed by atoms with van der Waals surface area (Å²) >= 11 is 0. The van der Waals surface area contributed by atoms with Crippen molar-refractivity contribution in [2.24, 2.45) is 0 Å². The molecule has 0 heterocycles. The number of hydrogen-bond donors (Lipinski definition) is 3. The molecule has 1 amide bonds. The zero-order chi connectivity index (χ0) is 42.8. The largest absolute Gasteiger partial charge is 0.472 e. The van der Waals surface area contributed by atoms with Crippen molar-refractivity contribution in [3.05, 3.63) is 0 Å². The first-order chi connectivity index (χ1) is 28.0. The van der Waals surface area contributed by atoms with Crippen LogP contribution in [-0.4, -0.2) is 73.4 Å². The standard InChI is InChI=1S/C49H101N2O6P/c1-6-8-10-12-13-14-15-16-17-18-19-20-21-22-23-24-25-26-27-28-29-30-31-32-33-34-35-36-37-39-40-42-48(52)47(50-49(53)43-41-38-11-9-7-2)46-57-58(54,55)56-45-44-51(3,4)5/h47-48,52H,6-46H2,1-5H3,(H-,50,53,54,55)/p+1. The van der Waals surface area contributed by atoms with Gasteiger partial charge < -0.3 is 19.8 Å². The van der Waals surface area contributed by atoms with Gasteiger partial charge in [-0.25, -0.2) is 4.57 Å². The van der Waals surface area contributed by atoms with Gasteiger partial charge in [0.2, 0.25) is 5.91 Å². The van der Waals surface area contributed by atoms with E-state index in [1.54, 1.807) is 0 Å². The molecule has 0 spiro atoms. The normalized spacial score (nSPS) is 14.1. The molecule has 0 rings (SSSR count). The molecule has 8 nitrogen and oxygen atoms in total. The number of nitrogens with zero attached hydrogens (tertiary/aromatic N) is 1. The van der Waals surface area contributed by atoms with E-state index >= 15 is 0 Å². The molecule has 0 radical (unpaired) electrons. The zero-order valence-electron chi connectivity index (χ0n) is 39.6. The third-order valence-corrected chi connectivity index (χ3v) is 12.8. The molecule has 9 heteroatoms. The highest BCUT2D eigenvalue weighted by atomic mass is 31.2. The summed E-state index contributed by atoms with van der Waals surface area (Å²) in [7, 11) is 1.63. The molecule has 0 saturated carbocycles. The number of likely N-dealkylation sites (N-methyl/N-ethyl adjacent to an activating group) is 1. The van der Waals surface area contributed by atoms with E-state index in [1.165, 1.54) is 180 Å². The fourth-order valence-corrected chi connectivity index (χ4v) is 8.55. The smallest absolute Gasteiger partial charge is 0.391 e. The van der Waals surface area contributed by atoms with Crippen LogP contribution in [-0.2, 0) is 18.4 Å². The third-order valence-electron chi connectivity index (χ3n) is 11.9. The van der Waals surface area contributed by atoms with Crippen molar-refractivity contribution in [1.29, 1.82) is 0 Å². The maximum atomic E-state index is 12.7. The molecule has 3 N–H and O–H groups in total. The van der Waals surface area contributed by atoms with E-state index in [9.17, 15) is 19.4 Å². The second-order valence-corrected chi connectivity index (χ2v) is 20.4. The van der Waals surface area contributed by atoms with Gasteiger partial charge in [-0.15, -0.1) is 0 Å². The summed E-state index contributed by atoms with van der Waals surface area (Å²) in [6.07, 6.45) is 47.9. The molecular weight excluding hydrogens is 744 g/mol. The highest BCUT2D eigenvalue weighted by Crippen LogP contribution is 2.43. The van der Waals surface area contributed by atoms with Crippen LogP contribution >= 0.6 is 7.82 Å². The van der Waals surface area contributed by atoms with Crippen molar-refractivity contribution in [3.63, 3.8) is 0 Å². The lowest BCUT2D eigenvalue weighted by atomic mass is 10.0. The number of carbonyl (C=O) groups excluding carboxylic acids is 1. The van der Waals surface area contributed by atoms with Gasteiger partial charge >= 0.3 is 7.82 Å². The first-order valence-corrected chi connectivity index (χ1v) is 26.9. The minimum Gasteiger partial charge on any atom is -0.391 e. The summed E-state index contributed by atoms with van der Waals surface area (Å²) in [5, 5.41) is 13.9. The predicted molar refractivity (Wildman–Crippen MR) is 249 cm³/mol. The van der Waals surface area contributed by atoms with Crippen molar-refractivity contribution in [2.45, 2.75) is 270 Å². The molecule has 0 bridgehead atoms. The highest BCUT2D eigenvalue weighted by Gasteiger charge is 2.28. The summed E-state index contributed by atoms with van der Waals surface area (Å²) < 4.78 is 23.5. The lowest BCUT2D eigenvalue weighted by molar-refractivity contribution is -0.870. The number of quaternary nitrogens is 1. The summed E-state index contributed by atoms with van der Waals surface area (Å²) in [6, 6.07) is -0.751. The summed E-state index contributed by atoms with van der Waals surface area (Å²) in [5.74, 6) is -0.154. The lowest BCUT2D eigenvalue weighted by Gasteiger charge is -2.26. The number of amides is 1. The maximum absolute atomic E-state index is 12.7. The zero-order valence-corrected chi connectivity index (χ0v) is 40.5. The molecule has 0 aromatic heterocycles. The number of aliphatic hydroxyl groups is 1. The molecule has 0 aliphatic heterocycles. The minimum atomic E-state index is -4.30. The van der Waals surface area contributed by atoms with Crippen LogP contribution in [0.25, 0.3) is 0 Å². The van der Waals surface area contributed by atoms with E-state index in [4.69, 9.17) is 9.05 Å². The van der Waals surface area contributed by atoms with Gasteiger partial charge in [0, 0.05) is 6.42 Å². The van der Waals surface area contributed by atoms with Gasteiger partial charge in [-0.1, -0.05) is 239 Å². The van der Waals surface area contributed by atoms with Crippen molar-refractivity contribution >= 4 is 13.7 Å². The molecule has 0 aliphatic rings. The number of unbranched alkanes of at least 4 members (excludes halogenated alkanes) is 34. The first-order valence-electron chi connectivity index (χ1n) is 25.4. The Morgan fingerprint density at radius 1 is 0.517 bits per heavy atom. The summed E-state index contributed by atoms with van der Waals surface area (Å²) in [4.78, 5) is 22.9. The molecule has 58 heavy (non-hydrogen) atoms. The Labute approximate surface area is 361 Å². The predicted octanol–water partition coefficient (Wildman–Crippen LogP) is 14.5. The third kappa shape index (κ3) is 43.6. The molecule has 0 fully saturated rings. The molecule has 0 aliphatic carbocycles. The Bertz CT molecular complexity index is 916. The second-order valence-electron chi connectivity index (χ2n) is 18.9. The average molecular weight is 846 g/mol. The SMILES string of the molecule is CCCCCCCCCCCCCCCCCCCCCCCCCCCCCCCCCC(O)C(COP(=O)(O)OCC[N+](C)(C)C)NC(=O)CCCCCCC. The fourth-order valence-electron chi connectivity index (χ4n) is 7.81. The fraction of sp³-hybridized carbons (Fsp3) is 0.980. The van der Waals surface area contributed by atoms with Crippen LogP contribution in [0.2, 0.25) is 0 Å². The van der Waals surface area contributed by atoms with Gasteiger partial charge in [0.15, 0.2) is 0 Å². The summed E-state index contributed by atoms with van der Waals surface area (Å²) in [5.41, 5.74) is 0.